The first-order valence-corrected chi connectivity index (χ1v) is 12.7. The van der Waals surface area contributed by atoms with Gasteiger partial charge in [0.15, 0.2) is 5.82 Å². The summed E-state index contributed by atoms with van der Waals surface area (Å²) in [6.07, 6.45) is 9.12. The van der Waals surface area contributed by atoms with Gasteiger partial charge in [0.25, 0.3) is 5.88 Å². The predicted molar refractivity (Wildman–Crippen MR) is 137 cm³/mol. The van der Waals surface area contributed by atoms with E-state index in [2.05, 4.69) is 25.1 Å². The van der Waals surface area contributed by atoms with Gasteiger partial charge < -0.3 is 20.3 Å². The molecule has 0 radical (unpaired) electrons. The summed E-state index contributed by atoms with van der Waals surface area (Å²) in [6.45, 7) is 4.35. The molecule has 1 fully saturated rings. The molecule has 0 bridgehead atoms. The third-order valence-electron chi connectivity index (χ3n) is 6.78. The fourth-order valence-corrected chi connectivity index (χ4v) is 4.82. The Balaban J connectivity index is 1.40. The van der Waals surface area contributed by atoms with Crippen molar-refractivity contribution in [2.24, 2.45) is 0 Å². The van der Waals surface area contributed by atoms with Crippen LogP contribution >= 0.6 is 0 Å². The summed E-state index contributed by atoms with van der Waals surface area (Å²) in [7, 11) is 0. The number of rotatable bonds is 9. The highest BCUT2D eigenvalue weighted by molar-refractivity contribution is 5.93. The number of anilines is 1. The summed E-state index contributed by atoms with van der Waals surface area (Å²) in [5, 5.41) is 32.4. The highest BCUT2D eigenvalue weighted by Crippen LogP contribution is 2.36. The van der Waals surface area contributed by atoms with Gasteiger partial charge in [-0.1, -0.05) is 0 Å². The zero-order chi connectivity index (χ0) is 25.9. The van der Waals surface area contributed by atoms with E-state index in [4.69, 9.17) is 14.9 Å². The molecule has 4 heterocycles. The minimum absolute atomic E-state index is 0.0694. The van der Waals surface area contributed by atoms with Gasteiger partial charge >= 0.3 is 0 Å². The summed E-state index contributed by atoms with van der Waals surface area (Å²) in [6, 6.07) is 3.80. The first-order valence-electron chi connectivity index (χ1n) is 12.7. The van der Waals surface area contributed by atoms with E-state index in [0.29, 0.717) is 5.56 Å². The molecule has 11 heteroatoms. The standard InChI is InChI=1S/C26H32FN7O3/c1-3-28-23-10-22-21(12-30-23)25(17-11-31-33(13-17)14-19(36)15-35)32-34(22)18-4-6-20(7-5-18)37-26-24(27)16(2)8-9-29-26/h8-13,18-20,35-36H,3-7,14-15H2,1-2H3,(H,28,30)/t18?,19-,20?/m1/s1. The quantitative estimate of drug-likeness (QED) is 0.313. The molecule has 4 aromatic heterocycles. The molecule has 1 aliphatic rings. The van der Waals surface area contributed by atoms with Gasteiger partial charge in [0.1, 0.15) is 17.6 Å². The number of aryl methyl sites for hydroxylation is 1. The van der Waals surface area contributed by atoms with Crippen LogP contribution in [0.25, 0.3) is 22.2 Å². The molecule has 0 saturated heterocycles. The van der Waals surface area contributed by atoms with Crippen molar-refractivity contribution in [1.29, 1.82) is 0 Å². The van der Waals surface area contributed by atoms with Crippen molar-refractivity contribution in [3.05, 3.63) is 48.3 Å². The van der Waals surface area contributed by atoms with E-state index in [1.165, 1.54) is 0 Å². The van der Waals surface area contributed by atoms with Crippen LogP contribution in [0.2, 0.25) is 0 Å². The van der Waals surface area contributed by atoms with Gasteiger partial charge in [0.2, 0.25) is 0 Å². The minimum Gasteiger partial charge on any atom is -0.472 e. The van der Waals surface area contributed by atoms with Crippen molar-refractivity contribution < 1.29 is 19.3 Å². The number of pyridine rings is 2. The number of ether oxygens (including phenoxy) is 1. The largest absolute Gasteiger partial charge is 0.472 e. The zero-order valence-corrected chi connectivity index (χ0v) is 21.0. The molecular formula is C26H32FN7O3. The molecule has 1 atom stereocenters. The topological polar surface area (TPSA) is 123 Å². The first-order chi connectivity index (χ1) is 18.0. The number of nitrogens with one attached hydrogen (secondary N) is 1. The van der Waals surface area contributed by atoms with Gasteiger partial charge in [-0.15, -0.1) is 0 Å². The van der Waals surface area contributed by atoms with Crippen molar-refractivity contribution in [1.82, 2.24) is 29.5 Å². The minimum atomic E-state index is -0.882. The van der Waals surface area contributed by atoms with Crippen molar-refractivity contribution in [2.45, 2.75) is 64.3 Å². The Hall–Kier alpha value is -3.57. The summed E-state index contributed by atoms with van der Waals surface area (Å²) >= 11 is 0. The smallest absolute Gasteiger partial charge is 0.250 e. The monoisotopic (exact) mass is 509 g/mol. The van der Waals surface area contributed by atoms with Gasteiger partial charge in [0.05, 0.1) is 37.0 Å². The number of fused-ring (bicyclic) bond motifs is 1. The second-order valence-corrected chi connectivity index (χ2v) is 9.49. The molecule has 37 heavy (non-hydrogen) atoms. The lowest BCUT2D eigenvalue weighted by molar-refractivity contribution is 0.0783. The van der Waals surface area contributed by atoms with Crippen LogP contribution in [0.3, 0.4) is 0 Å². The molecular weight excluding hydrogens is 477 g/mol. The van der Waals surface area contributed by atoms with Crippen LogP contribution in [0, 0.1) is 12.7 Å². The Labute approximate surface area is 214 Å². The maximum absolute atomic E-state index is 14.4. The zero-order valence-electron chi connectivity index (χ0n) is 21.0. The van der Waals surface area contributed by atoms with Crippen molar-refractivity contribution in [3.8, 4) is 17.1 Å². The van der Waals surface area contributed by atoms with Crippen LogP contribution in [0.5, 0.6) is 5.88 Å². The summed E-state index contributed by atoms with van der Waals surface area (Å²) < 4.78 is 24.0. The maximum atomic E-state index is 14.4. The predicted octanol–water partition coefficient (Wildman–Crippen LogP) is 3.49. The normalized spacial score (nSPS) is 18.7. The summed E-state index contributed by atoms with van der Waals surface area (Å²) in [5.41, 5.74) is 3.07. The lowest BCUT2D eigenvalue weighted by Crippen LogP contribution is -2.27. The highest BCUT2D eigenvalue weighted by atomic mass is 19.1. The van der Waals surface area contributed by atoms with Crippen molar-refractivity contribution in [2.75, 3.05) is 18.5 Å². The Morgan fingerprint density at radius 2 is 2.03 bits per heavy atom. The van der Waals surface area contributed by atoms with Gasteiger partial charge in [-0.05, 0) is 51.2 Å². The summed E-state index contributed by atoms with van der Waals surface area (Å²) in [4.78, 5) is 8.63. The van der Waals surface area contributed by atoms with Gasteiger partial charge in [-0.25, -0.2) is 14.4 Å². The molecule has 0 unspecified atom stereocenters. The van der Waals surface area contributed by atoms with Gasteiger partial charge in [-0.2, -0.15) is 10.2 Å². The van der Waals surface area contributed by atoms with E-state index in [9.17, 15) is 9.50 Å². The molecule has 5 rings (SSSR count). The molecule has 10 nitrogen and oxygen atoms in total. The van der Waals surface area contributed by atoms with Gasteiger partial charge in [-0.3, -0.25) is 9.36 Å². The lowest BCUT2D eigenvalue weighted by atomic mass is 9.93. The Morgan fingerprint density at radius 1 is 1.22 bits per heavy atom. The van der Waals surface area contributed by atoms with E-state index in [1.807, 2.05) is 25.4 Å². The SMILES string of the molecule is CCNc1cc2c(cn1)c(-c1cnn(C[C@@H](O)CO)c1)nn2C1CCC(Oc2nccc(C)c2F)CC1. The first kappa shape index (κ1) is 25.1. The highest BCUT2D eigenvalue weighted by Gasteiger charge is 2.28. The molecule has 4 aromatic rings. The van der Waals surface area contributed by atoms with Crippen LogP contribution in [0.15, 0.2) is 36.9 Å². The van der Waals surface area contributed by atoms with Gasteiger partial charge in [0, 0.05) is 42.2 Å². The van der Waals surface area contributed by atoms with E-state index in [0.717, 1.165) is 60.2 Å². The third kappa shape index (κ3) is 5.28. The van der Waals surface area contributed by atoms with Crippen LogP contribution in [-0.4, -0.2) is 65.1 Å². The fraction of sp³-hybridized carbons (Fsp3) is 0.462. The molecule has 1 saturated carbocycles. The number of halogens is 1. The number of aliphatic hydroxyl groups is 2. The van der Waals surface area contributed by atoms with Crippen molar-refractivity contribution in [3.63, 3.8) is 0 Å². The number of nitrogens with zero attached hydrogens (tertiary/aromatic N) is 6. The molecule has 196 valence electrons. The fourth-order valence-electron chi connectivity index (χ4n) is 4.82. The molecule has 3 N–H and O–H groups in total. The molecule has 1 aliphatic carbocycles. The van der Waals surface area contributed by atoms with Crippen LogP contribution in [0.1, 0.15) is 44.2 Å². The number of aromatic nitrogens is 6. The molecule has 0 amide bonds. The molecule has 0 spiro atoms. The van der Waals surface area contributed by atoms with E-state index in [-0.39, 0.29) is 31.2 Å². The average molecular weight is 510 g/mol. The second-order valence-electron chi connectivity index (χ2n) is 9.49. The number of hydrogen-bond acceptors (Lipinski definition) is 8. The maximum Gasteiger partial charge on any atom is 0.250 e. The van der Waals surface area contributed by atoms with Crippen LogP contribution in [0.4, 0.5) is 10.2 Å². The lowest BCUT2D eigenvalue weighted by Gasteiger charge is -2.29. The number of hydrogen-bond donors (Lipinski definition) is 3. The van der Waals surface area contributed by atoms with Crippen LogP contribution in [-0.2, 0) is 6.54 Å². The summed E-state index contributed by atoms with van der Waals surface area (Å²) in [5.74, 6) is 0.449. The second kappa shape index (κ2) is 10.8. The Bertz CT molecular complexity index is 1360. The average Bonchev–Trinajstić information content (AvgIpc) is 3.52. The van der Waals surface area contributed by atoms with E-state index >= 15 is 0 Å². The van der Waals surface area contributed by atoms with E-state index < -0.39 is 11.9 Å². The molecule has 0 aromatic carbocycles. The van der Waals surface area contributed by atoms with E-state index in [1.54, 1.807) is 30.1 Å². The Kier molecular flexibility index (Phi) is 7.33. The number of aliphatic hydroxyl groups excluding tert-OH is 2. The third-order valence-corrected chi connectivity index (χ3v) is 6.78. The van der Waals surface area contributed by atoms with Crippen molar-refractivity contribution >= 4 is 16.7 Å². The molecule has 0 aliphatic heterocycles. The van der Waals surface area contributed by atoms with Crippen LogP contribution < -0.4 is 10.1 Å². The Morgan fingerprint density at radius 3 is 2.78 bits per heavy atom.